The van der Waals surface area contributed by atoms with Crippen LogP contribution in [0.3, 0.4) is 0 Å². The monoisotopic (exact) mass is 453 g/mol. The van der Waals surface area contributed by atoms with Gasteiger partial charge < -0.3 is 15.0 Å². The summed E-state index contributed by atoms with van der Waals surface area (Å²) < 4.78 is 32.7. The molecule has 1 fully saturated rings. The van der Waals surface area contributed by atoms with Crippen LogP contribution in [0.15, 0.2) is 23.2 Å². The van der Waals surface area contributed by atoms with E-state index in [0.717, 1.165) is 19.1 Å². The summed E-state index contributed by atoms with van der Waals surface area (Å²) in [5, 5.41) is 3.12. The lowest BCUT2D eigenvalue weighted by Crippen LogP contribution is -2.41. The van der Waals surface area contributed by atoms with Gasteiger partial charge in [0.25, 0.3) is 0 Å². The van der Waals surface area contributed by atoms with Crippen molar-refractivity contribution >= 4 is 29.9 Å². The molecule has 0 amide bonds. The molecule has 136 valence electrons. The van der Waals surface area contributed by atoms with Crippen LogP contribution in [0.1, 0.15) is 18.4 Å². The summed E-state index contributed by atoms with van der Waals surface area (Å²) in [6.07, 6.45) is 2.83. The van der Waals surface area contributed by atoms with Gasteiger partial charge in [0.05, 0.1) is 6.61 Å². The highest BCUT2D eigenvalue weighted by atomic mass is 127. The summed E-state index contributed by atoms with van der Waals surface area (Å²) in [5.74, 6) is 0.428. The Balaban J connectivity index is 0.00000288. The third kappa shape index (κ3) is 6.88. The van der Waals surface area contributed by atoms with Crippen LogP contribution in [-0.2, 0) is 11.2 Å². The summed E-state index contributed by atoms with van der Waals surface area (Å²) in [6.45, 7) is 2.63. The average Bonchev–Trinajstić information content (AvgIpc) is 3.34. The van der Waals surface area contributed by atoms with Crippen molar-refractivity contribution in [1.29, 1.82) is 0 Å². The fourth-order valence-corrected chi connectivity index (χ4v) is 2.30. The summed E-state index contributed by atoms with van der Waals surface area (Å²) in [5.41, 5.74) is 0.103. The molecule has 2 rings (SSSR count). The normalized spacial score (nSPS) is 14.2. The zero-order valence-corrected chi connectivity index (χ0v) is 16.6. The number of hydrogen-bond acceptors (Lipinski definition) is 2. The quantitative estimate of drug-likeness (QED) is 0.285. The molecule has 0 bridgehead atoms. The molecule has 1 aliphatic carbocycles. The molecule has 4 nitrogen and oxygen atoms in total. The molecule has 0 spiro atoms. The molecule has 7 heteroatoms. The Morgan fingerprint density at radius 1 is 1.33 bits per heavy atom. The molecule has 0 radical (unpaired) electrons. The van der Waals surface area contributed by atoms with E-state index in [-0.39, 0.29) is 36.0 Å². The van der Waals surface area contributed by atoms with Gasteiger partial charge in [-0.25, -0.2) is 8.78 Å². The lowest BCUT2D eigenvalue weighted by atomic mass is 10.1. The molecule has 0 saturated heterocycles. The topological polar surface area (TPSA) is 36.9 Å². The maximum atomic E-state index is 13.6. The fourth-order valence-electron chi connectivity index (χ4n) is 2.30. The molecule has 0 atom stereocenters. The first-order valence-corrected chi connectivity index (χ1v) is 8.04. The van der Waals surface area contributed by atoms with Crippen LogP contribution in [-0.4, -0.2) is 51.3 Å². The standard InChI is InChI=1S/C17H25F2N3O.HI/c1-20-17(22(2)10-11-23-12-13-6-7-13)21-9-8-14-15(18)4-3-5-16(14)19;/h3-5,13H,6-12H2,1-2H3,(H,20,21);1H. The molecule has 1 aromatic carbocycles. The van der Waals surface area contributed by atoms with Crippen molar-refractivity contribution in [2.24, 2.45) is 10.9 Å². The van der Waals surface area contributed by atoms with Gasteiger partial charge in [0.1, 0.15) is 11.6 Å². The fraction of sp³-hybridized carbons (Fsp3) is 0.588. The third-order valence-electron chi connectivity index (χ3n) is 3.91. The minimum absolute atomic E-state index is 0. The molecular formula is C17H26F2IN3O. The maximum Gasteiger partial charge on any atom is 0.193 e. The van der Waals surface area contributed by atoms with Crippen molar-refractivity contribution < 1.29 is 13.5 Å². The Hall–Kier alpha value is -0.960. The van der Waals surface area contributed by atoms with Gasteiger partial charge in [-0.1, -0.05) is 6.07 Å². The van der Waals surface area contributed by atoms with E-state index < -0.39 is 11.6 Å². The van der Waals surface area contributed by atoms with Gasteiger partial charge in [0.15, 0.2) is 5.96 Å². The van der Waals surface area contributed by atoms with Gasteiger partial charge in [-0.15, -0.1) is 24.0 Å². The SMILES string of the molecule is CN=C(NCCc1c(F)cccc1F)N(C)CCOCC1CC1.I. The summed E-state index contributed by atoms with van der Waals surface area (Å²) >= 11 is 0. The van der Waals surface area contributed by atoms with Gasteiger partial charge in [0.2, 0.25) is 0 Å². The lowest BCUT2D eigenvalue weighted by Gasteiger charge is -2.22. The number of rotatable bonds is 8. The number of ether oxygens (including phenoxy) is 1. The Kier molecular flexibility index (Phi) is 9.50. The number of benzene rings is 1. The minimum Gasteiger partial charge on any atom is -0.379 e. The largest absolute Gasteiger partial charge is 0.379 e. The van der Waals surface area contributed by atoms with Crippen LogP contribution < -0.4 is 5.32 Å². The van der Waals surface area contributed by atoms with Crippen LogP contribution in [0.5, 0.6) is 0 Å². The zero-order chi connectivity index (χ0) is 16.7. The van der Waals surface area contributed by atoms with Crippen LogP contribution in [0.25, 0.3) is 0 Å². The molecule has 1 N–H and O–H groups in total. The Labute approximate surface area is 159 Å². The van der Waals surface area contributed by atoms with Crippen LogP contribution in [0.4, 0.5) is 8.78 Å². The number of nitrogens with zero attached hydrogens (tertiary/aromatic N) is 2. The number of likely N-dealkylation sites (N-methyl/N-ethyl adjacent to an activating group) is 1. The third-order valence-corrected chi connectivity index (χ3v) is 3.91. The van der Waals surface area contributed by atoms with Crippen molar-refractivity contribution in [2.75, 3.05) is 40.4 Å². The van der Waals surface area contributed by atoms with Crippen molar-refractivity contribution in [3.8, 4) is 0 Å². The highest BCUT2D eigenvalue weighted by Gasteiger charge is 2.21. The van der Waals surface area contributed by atoms with Crippen LogP contribution in [0, 0.1) is 17.6 Å². The predicted molar refractivity (Wildman–Crippen MR) is 103 cm³/mol. The Morgan fingerprint density at radius 2 is 2.00 bits per heavy atom. The number of guanidine groups is 1. The van der Waals surface area contributed by atoms with Crippen LogP contribution >= 0.6 is 24.0 Å². The highest BCUT2D eigenvalue weighted by molar-refractivity contribution is 14.0. The smallest absolute Gasteiger partial charge is 0.193 e. The Bertz CT molecular complexity index is 518. The number of aliphatic imine (C=N–C) groups is 1. The molecule has 0 unspecified atom stereocenters. The minimum atomic E-state index is -0.511. The lowest BCUT2D eigenvalue weighted by molar-refractivity contribution is 0.115. The first kappa shape index (κ1) is 21.1. The summed E-state index contributed by atoms with van der Waals surface area (Å²) in [6, 6.07) is 3.92. The van der Waals surface area contributed by atoms with Crippen molar-refractivity contribution in [2.45, 2.75) is 19.3 Å². The predicted octanol–water partition coefficient (Wildman–Crippen LogP) is 3.06. The molecule has 24 heavy (non-hydrogen) atoms. The average molecular weight is 453 g/mol. The molecule has 1 aliphatic rings. The van der Waals surface area contributed by atoms with E-state index in [1.54, 1.807) is 7.05 Å². The molecule has 0 aliphatic heterocycles. The number of hydrogen-bond donors (Lipinski definition) is 1. The molecule has 1 saturated carbocycles. The second-order valence-electron chi connectivity index (χ2n) is 5.86. The van der Waals surface area contributed by atoms with Gasteiger partial charge in [-0.05, 0) is 37.3 Å². The first-order valence-electron chi connectivity index (χ1n) is 8.04. The van der Waals surface area contributed by atoms with Gasteiger partial charge in [0, 0.05) is 39.4 Å². The van der Waals surface area contributed by atoms with Gasteiger partial charge in [-0.2, -0.15) is 0 Å². The summed E-state index contributed by atoms with van der Waals surface area (Å²) in [4.78, 5) is 6.13. The van der Waals surface area contributed by atoms with Crippen molar-refractivity contribution in [1.82, 2.24) is 10.2 Å². The van der Waals surface area contributed by atoms with Crippen molar-refractivity contribution in [3.63, 3.8) is 0 Å². The molecular weight excluding hydrogens is 427 g/mol. The Morgan fingerprint density at radius 3 is 2.58 bits per heavy atom. The van der Waals surface area contributed by atoms with Gasteiger partial charge in [-0.3, -0.25) is 4.99 Å². The second kappa shape index (κ2) is 10.8. The summed E-state index contributed by atoms with van der Waals surface area (Å²) in [7, 11) is 3.60. The molecule has 0 aromatic heterocycles. The van der Waals surface area contributed by atoms with E-state index in [2.05, 4.69) is 10.3 Å². The van der Waals surface area contributed by atoms with E-state index in [1.165, 1.54) is 31.0 Å². The van der Waals surface area contributed by atoms with E-state index in [1.807, 2.05) is 11.9 Å². The molecule has 1 aromatic rings. The van der Waals surface area contributed by atoms with Crippen molar-refractivity contribution in [3.05, 3.63) is 35.4 Å². The van der Waals surface area contributed by atoms with E-state index >= 15 is 0 Å². The van der Waals surface area contributed by atoms with Gasteiger partial charge >= 0.3 is 0 Å². The highest BCUT2D eigenvalue weighted by Crippen LogP contribution is 2.28. The van der Waals surface area contributed by atoms with Crippen LogP contribution in [0.2, 0.25) is 0 Å². The first-order chi connectivity index (χ1) is 11.1. The maximum absolute atomic E-state index is 13.6. The second-order valence-corrected chi connectivity index (χ2v) is 5.86. The number of nitrogens with one attached hydrogen (secondary N) is 1. The number of halogens is 3. The van der Waals surface area contributed by atoms with E-state index in [0.29, 0.717) is 19.1 Å². The van der Waals surface area contributed by atoms with E-state index in [9.17, 15) is 8.78 Å². The van der Waals surface area contributed by atoms with E-state index in [4.69, 9.17) is 4.74 Å². The zero-order valence-electron chi connectivity index (χ0n) is 14.2. The molecule has 0 heterocycles.